The molecule has 0 aliphatic heterocycles. The molecule has 0 saturated heterocycles. The molecule has 4 nitrogen and oxygen atoms in total. The van der Waals surface area contributed by atoms with Crippen LogP contribution in [-0.2, 0) is 17.4 Å². The summed E-state index contributed by atoms with van der Waals surface area (Å²) in [6, 6.07) is 6.22. The Morgan fingerprint density at radius 1 is 1.30 bits per heavy atom. The third kappa shape index (κ3) is 5.21. The molecule has 0 spiro atoms. The van der Waals surface area contributed by atoms with E-state index in [4.69, 9.17) is 4.42 Å². The van der Waals surface area contributed by atoms with Gasteiger partial charge in [-0.25, -0.2) is 5.43 Å². The van der Waals surface area contributed by atoms with Gasteiger partial charge in [0, 0.05) is 6.07 Å². The van der Waals surface area contributed by atoms with E-state index < -0.39 is 17.6 Å². The van der Waals surface area contributed by atoms with Crippen LogP contribution in [0.3, 0.4) is 0 Å². The molecule has 1 aromatic carbocycles. The fraction of sp³-hybridized carbons (Fsp3) is 0.143. The Hall–Kier alpha value is -1.61. The molecular formula is C14H9Br2F3N2O2. The highest BCUT2D eigenvalue weighted by molar-refractivity contribution is 9.13. The van der Waals surface area contributed by atoms with Gasteiger partial charge in [0.25, 0.3) is 0 Å². The van der Waals surface area contributed by atoms with Gasteiger partial charge in [-0.05, 0) is 43.5 Å². The molecule has 1 amide bonds. The zero-order valence-corrected chi connectivity index (χ0v) is 14.5. The number of hydrazone groups is 1. The molecule has 0 aliphatic carbocycles. The predicted molar refractivity (Wildman–Crippen MR) is 85.0 cm³/mol. The predicted octanol–water partition coefficient (Wildman–Crippen LogP) is 4.52. The van der Waals surface area contributed by atoms with Crippen LogP contribution in [0.1, 0.15) is 16.9 Å². The van der Waals surface area contributed by atoms with E-state index in [1.54, 1.807) is 6.07 Å². The maximum atomic E-state index is 12.6. The Morgan fingerprint density at radius 3 is 2.65 bits per heavy atom. The van der Waals surface area contributed by atoms with Crippen molar-refractivity contribution in [1.82, 2.24) is 5.43 Å². The van der Waals surface area contributed by atoms with Crippen molar-refractivity contribution in [2.45, 2.75) is 12.6 Å². The summed E-state index contributed by atoms with van der Waals surface area (Å²) < 4.78 is 44.1. The van der Waals surface area contributed by atoms with E-state index in [2.05, 4.69) is 42.4 Å². The lowest BCUT2D eigenvalue weighted by molar-refractivity contribution is -0.137. The van der Waals surface area contributed by atoms with Crippen molar-refractivity contribution in [3.8, 4) is 0 Å². The minimum Gasteiger partial charge on any atom is -0.447 e. The van der Waals surface area contributed by atoms with Gasteiger partial charge in [-0.3, -0.25) is 4.79 Å². The highest BCUT2D eigenvalue weighted by Crippen LogP contribution is 2.29. The molecule has 1 N–H and O–H groups in total. The van der Waals surface area contributed by atoms with Crippen molar-refractivity contribution in [2.24, 2.45) is 5.10 Å². The Labute approximate surface area is 146 Å². The van der Waals surface area contributed by atoms with Crippen molar-refractivity contribution in [3.05, 3.63) is 56.4 Å². The Kier molecular flexibility index (Phi) is 5.64. The number of rotatable bonds is 4. The third-order valence-electron chi connectivity index (χ3n) is 2.66. The molecule has 0 fully saturated rings. The van der Waals surface area contributed by atoms with Crippen LogP contribution in [0, 0.1) is 0 Å². The molecule has 23 heavy (non-hydrogen) atoms. The zero-order valence-electron chi connectivity index (χ0n) is 11.3. The van der Waals surface area contributed by atoms with Gasteiger partial charge in [-0.15, -0.1) is 0 Å². The van der Waals surface area contributed by atoms with Crippen LogP contribution in [-0.4, -0.2) is 12.1 Å². The van der Waals surface area contributed by atoms with E-state index in [1.165, 1.54) is 18.3 Å². The van der Waals surface area contributed by atoms with Crippen LogP contribution in [0.4, 0.5) is 13.2 Å². The van der Waals surface area contributed by atoms with Crippen molar-refractivity contribution in [2.75, 3.05) is 0 Å². The van der Waals surface area contributed by atoms with E-state index in [0.717, 1.165) is 12.1 Å². The van der Waals surface area contributed by atoms with Gasteiger partial charge in [0.2, 0.25) is 5.91 Å². The Morgan fingerprint density at radius 2 is 2.04 bits per heavy atom. The smallest absolute Gasteiger partial charge is 0.416 e. The van der Waals surface area contributed by atoms with Gasteiger partial charge in [-0.2, -0.15) is 18.3 Å². The number of benzene rings is 1. The summed E-state index contributed by atoms with van der Waals surface area (Å²) in [5.41, 5.74) is 1.68. The van der Waals surface area contributed by atoms with Gasteiger partial charge in [0.1, 0.15) is 5.76 Å². The number of carbonyl (C=O) groups excluding carboxylic acids is 1. The summed E-state index contributed by atoms with van der Waals surface area (Å²) in [5.74, 6) is -0.145. The second-order valence-electron chi connectivity index (χ2n) is 4.44. The Bertz CT molecular complexity index is 722. The molecule has 0 aliphatic rings. The van der Waals surface area contributed by atoms with Gasteiger partial charge in [-0.1, -0.05) is 18.2 Å². The number of amides is 1. The summed E-state index contributed by atoms with van der Waals surface area (Å²) in [7, 11) is 0. The Balaban J connectivity index is 1.95. The first kappa shape index (κ1) is 17.7. The minimum atomic E-state index is -4.44. The third-order valence-corrected chi connectivity index (χ3v) is 4.37. The standard InChI is InChI=1S/C14H9Br2F3N2O2/c15-11-6-10(23-13(11)16)7-20-21-12(22)5-8-2-1-3-9(4-8)14(17,18)19/h1-4,6-7H,5H2,(H,21,22)/b20-7-. The number of hydrogen-bond acceptors (Lipinski definition) is 3. The van der Waals surface area contributed by atoms with E-state index in [0.29, 0.717) is 14.9 Å². The van der Waals surface area contributed by atoms with Crippen LogP contribution in [0.25, 0.3) is 0 Å². The molecule has 122 valence electrons. The molecule has 0 bridgehead atoms. The number of alkyl halides is 3. The molecule has 1 heterocycles. The summed E-state index contributed by atoms with van der Waals surface area (Å²) in [5, 5.41) is 3.68. The summed E-state index contributed by atoms with van der Waals surface area (Å²) in [6.07, 6.45) is -3.38. The largest absolute Gasteiger partial charge is 0.447 e. The molecule has 0 unspecified atom stereocenters. The molecular weight excluding hydrogens is 445 g/mol. The molecule has 0 radical (unpaired) electrons. The second kappa shape index (κ2) is 7.31. The van der Waals surface area contributed by atoms with Crippen molar-refractivity contribution in [3.63, 3.8) is 0 Å². The summed E-state index contributed by atoms with van der Waals surface area (Å²) in [6.45, 7) is 0. The normalized spacial score (nSPS) is 11.9. The quantitative estimate of drug-likeness (QED) is 0.546. The van der Waals surface area contributed by atoms with Crippen molar-refractivity contribution < 1.29 is 22.4 Å². The van der Waals surface area contributed by atoms with Gasteiger partial charge >= 0.3 is 6.18 Å². The molecule has 2 aromatic rings. The highest BCUT2D eigenvalue weighted by atomic mass is 79.9. The average Bonchev–Trinajstić information content (AvgIpc) is 2.77. The number of nitrogens with zero attached hydrogens (tertiary/aromatic N) is 1. The number of hydrogen-bond donors (Lipinski definition) is 1. The lowest BCUT2D eigenvalue weighted by Crippen LogP contribution is -2.20. The van der Waals surface area contributed by atoms with E-state index in [1.807, 2.05) is 0 Å². The minimum absolute atomic E-state index is 0.215. The van der Waals surface area contributed by atoms with E-state index in [-0.39, 0.29) is 12.0 Å². The lowest BCUT2D eigenvalue weighted by Gasteiger charge is -2.08. The first-order valence-corrected chi connectivity index (χ1v) is 7.77. The zero-order chi connectivity index (χ0) is 17.0. The van der Waals surface area contributed by atoms with Gasteiger partial charge in [0.15, 0.2) is 4.67 Å². The van der Waals surface area contributed by atoms with Crippen LogP contribution >= 0.6 is 31.9 Å². The van der Waals surface area contributed by atoms with E-state index >= 15 is 0 Å². The maximum Gasteiger partial charge on any atom is 0.416 e. The highest BCUT2D eigenvalue weighted by Gasteiger charge is 2.30. The molecule has 9 heteroatoms. The fourth-order valence-electron chi connectivity index (χ4n) is 1.68. The van der Waals surface area contributed by atoms with Gasteiger partial charge in [0.05, 0.1) is 22.7 Å². The number of furan rings is 1. The van der Waals surface area contributed by atoms with Crippen LogP contribution in [0.5, 0.6) is 0 Å². The van der Waals surface area contributed by atoms with Crippen molar-refractivity contribution in [1.29, 1.82) is 0 Å². The molecule has 2 rings (SSSR count). The average molecular weight is 454 g/mol. The van der Waals surface area contributed by atoms with Gasteiger partial charge < -0.3 is 4.42 Å². The number of nitrogens with one attached hydrogen (secondary N) is 1. The lowest BCUT2D eigenvalue weighted by atomic mass is 10.1. The summed E-state index contributed by atoms with van der Waals surface area (Å²) in [4.78, 5) is 11.7. The van der Waals surface area contributed by atoms with Crippen LogP contribution in [0.15, 0.2) is 49.0 Å². The van der Waals surface area contributed by atoms with Crippen LogP contribution in [0.2, 0.25) is 0 Å². The molecule has 0 saturated carbocycles. The van der Waals surface area contributed by atoms with Crippen molar-refractivity contribution >= 4 is 44.0 Å². The van der Waals surface area contributed by atoms with E-state index in [9.17, 15) is 18.0 Å². The SMILES string of the molecule is O=C(Cc1cccc(C(F)(F)F)c1)N/N=C\c1cc(Br)c(Br)o1. The van der Waals surface area contributed by atoms with Crippen LogP contribution < -0.4 is 5.43 Å². The topological polar surface area (TPSA) is 54.6 Å². The summed E-state index contributed by atoms with van der Waals surface area (Å²) >= 11 is 6.37. The second-order valence-corrected chi connectivity index (χ2v) is 6.01. The molecule has 0 atom stereocenters. The number of carbonyl (C=O) groups is 1. The maximum absolute atomic E-state index is 12.6. The monoisotopic (exact) mass is 452 g/mol. The first-order chi connectivity index (χ1) is 10.8. The number of halogens is 5. The fourth-order valence-corrected chi connectivity index (χ4v) is 2.29. The molecule has 1 aromatic heterocycles. The first-order valence-electron chi connectivity index (χ1n) is 6.18.